The van der Waals surface area contributed by atoms with Crippen molar-refractivity contribution >= 4 is 0 Å². The Bertz CT molecular complexity index is 979. The predicted molar refractivity (Wildman–Crippen MR) is 210 cm³/mol. The molecule has 0 aromatic carbocycles. The molecule has 422 valence electrons. The average Bonchev–Trinajstić information content (AvgIpc) is 3.06. The fraction of sp³-hybridized carbons (Fsp3) is 1.00. The van der Waals surface area contributed by atoms with E-state index in [0.29, 0.717) is 20.8 Å². The van der Waals surface area contributed by atoms with Crippen LogP contribution >= 0.6 is 0 Å². The lowest BCUT2D eigenvalue weighted by molar-refractivity contribution is -0.342. The first-order valence-corrected chi connectivity index (χ1v) is 20.5. The minimum Gasteiger partial charge on any atom is -0.234 e. The molecule has 0 amide bonds. The zero-order valence-electron chi connectivity index (χ0n) is 41.0. The van der Waals surface area contributed by atoms with Crippen LogP contribution in [0.2, 0.25) is 0 Å². The Morgan fingerprint density at radius 1 is 0.299 bits per heavy atom. The molecule has 0 radical (unpaired) electrons. The third kappa shape index (κ3) is 60.2. The maximum Gasteiger partial charge on any atom is 0.431 e. The second-order valence-corrected chi connectivity index (χ2v) is 14.3. The number of unbranched alkanes of at least 4 members (excludes halogenated alkanes) is 3. The summed E-state index contributed by atoms with van der Waals surface area (Å²) in [6.07, 6.45) is -34.1. The van der Waals surface area contributed by atoms with E-state index in [0.717, 1.165) is 6.92 Å². The molecule has 0 heterocycles. The van der Waals surface area contributed by atoms with E-state index in [1.807, 2.05) is 13.8 Å². The van der Waals surface area contributed by atoms with Gasteiger partial charge >= 0.3 is 43.2 Å². The lowest BCUT2D eigenvalue weighted by atomic mass is 9.92. The molecule has 0 saturated carbocycles. The molecule has 27 heteroatoms. The van der Waals surface area contributed by atoms with Crippen LogP contribution in [0.25, 0.3) is 0 Å². The van der Waals surface area contributed by atoms with Gasteiger partial charge in [-0.25, -0.2) is 26.3 Å². The van der Waals surface area contributed by atoms with Crippen molar-refractivity contribution in [2.24, 2.45) is 5.41 Å². The SMILES string of the molecule is CC.CC(C)(C(F)(F)F)C(F)(F)F.CC(C)(F)C(F)(F)F.CC(F)(F)F.CCC.CCC.CCC(F)(C(F)(F)F)C(F)(F)F.CCC(F)(F)CC(F)(F)CC(F)(F)F.CCCC.CCCCC. The maximum atomic E-state index is 12.4. The normalized spacial score (nSPS) is 12.5. The summed E-state index contributed by atoms with van der Waals surface area (Å²) in [5, 5.41) is 0. The zero-order valence-corrected chi connectivity index (χ0v) is 41.0. The van der Waals surface area contributed by atoms with E-state index >= 15 is 0 Å². The van der Waals surface area contributed by atoms with Gasteiger partial charge in [-0.15, -0.1) is 0 Å². The highest BCUT2D eigenvalue weighted by molar-refractivity contribution is 4.93. The molecule has 0 aromatic rings. The Balaban J connectivity index is -0.0000000710. The van der Waals surface area contributed by atoms with Gasteiger partial charge in [0.25, 0.3) is 17.5 Å². The van der Waals surface area contributed by atoms with Crippen LogP contribution in [0.4, 0.5) is 119 Å². The fourth-order valence-corrected chi connectivity index (χ4v) is 1.94. The number of alkyl halides is 27. The summed E-state index contributed by atoms with van der Waals surface area (Å²) in [5.41, 5.74) is -11.8. The number of hydrogen-bond acceptors (Lipinski definition) is 0. The molecule has 0 bridgehead atoms. The van der Waals surface area contributed by atoms with E-state index in [4.69, 9.17) is 0 Å². The van der Waals surface area contributed by atoms with Crippen LogP contribution in [0.15, 0.2) is 0 Å². The monoisotopic (exact) mass is 1070 g/mol. The van der Waals surface area contributed by atoms with Gasteiger partial charge in [-0.2, -0.15) is 92.2 Å². The summed E-state index contributed by atoms with van der Waals surface area (Å²) in [4.78, 5) is 0. The van der Waals surface area contributed by atoms with E-state index in [2.05, 4.69) is 55.4 Å². The lowest BCUT2D eigenvalue weighted by Gasteiger charge is -2.29. The van der Waals surface area contributed by atoms with Gasteiger partial charge in [-0.1, -0.05) is 128 Å². The van der Waals surface area contributed by atoms with Crippen LogP contribution in [0.5, 0.6) is 0 Å². The van der Waals surface area contributed by atoms with Gasteiger partial charge in [0.1, 0.15) is 6.42 Å². The van der Waals surface area contributed by atoms with Crippen LogP contribution in [0, 0.1) is 5.41 Å². The van der Waals surface area contributed by atoms with Crippen LogP contribution in [0.1, 0.15) is 188 Å². The van der Waals surface area contributed by atoms with Gasteiger partial charge in [0.2, 0.25) is 0 Å². The average molecular weight is 1070 g/mol. The minimum atomic E-state index is -5.90. The molecular formula is C40H73F27. The van der Waals surface area contributed by atoms with E-state index < -0.39 is 97.5 Å². The number of rotatable bonds is 8. The van der Waals surface area contributed by atoms with Crippen molar-refractivity contribution in [2.45, 2.75) is 255 Å². The predicted octanol–water partition coefficient (Wildman–Crippen LogP) is 22.1. The molecular weight excluding hydrogens is 993 g/mol. The van der Waals surface area contributed by atoms with Crippen LogP contribution in [-0.4, -0.2) is 66.4 Å². The van der Waals surface area contributed by atoms with Crippen molar-refractivity contribution in [3.05, 3.63) is 0 Å². The van der Waals surface area contributed by atoms with Gasteiger partial charge in [0.15, 0.2) is 11.1 Å². The molecule has 0 aromatic heterocycles. The Morgan fingerprint density at radius 3 is 0.582 bits per heavy atom. The molecule has 0 N–H and O–H groups in total. The third-order valence-corrected chi connectivity index (χ3v) is 6.18. The second kappa shape index (κ2) is 38.8. The van der Waals surface area contributed by atoms with Gasteiger partial charge < -0.3 is 0 Å². The van der Waals surface area contributed by atoms with E-state index in [9.17, 15) is 119 Å². The minimum absolute atomic E-state index is 0.104. The zero-order chi connectivity index (χ0) is 57.8. The Labute approximate surface area is 378 Å². The van der Waals surface area contributed by atoms with Crippen molar-refractivity contribution < 1.29 is 119 Å². The van der Waals surface area contributed by atoms with Crippen molar-refractivity contribution in [1.82, 2.24) is 0 Å². The lowest BCUT2D eigenvalue weighted by Crippen LogP contribution is -2.52. The van der Waals surface area contributed by atoms with Crippen LogP contribution in [0.3, 0.4) is 0 Å². The van der Waals surface area contributed by atoms with E-state index in [-0.39, 0.29) is 20.8 Å². The molecule has 67 heavy (non-hydrogen) atoms. The van der Waals surface area contributed by atoms with E-state index in [1.54, 1.807) is 0 Å². The molecule has 0 rings (SSSR count). The summed E-state index contributed by atoms with van der Waals surface area (Å²) in [7, 11) is 0. The molecule has 0 saturated heterocycles. The van der Waals surface area contributed by atoms with E-state index in [1.165, 1.54) is 44.9 Å². The Morgan fingerprint density at radius 2 is 0.522 bits per heavy atom. The van der Waals surface area contributed by atoms with Gasteiger partial charge in [0.05, 0.1) is 6.42 Å². The fourth-order valence-electron chi connectivity index (χ4n) is 1.94. The summed E-state index contributed by atoms with van der Waals surface area (Å²) < 4.78 is 311. The Kier molecular flexibility index (Phi) is 51.0. The number of hydrogen-bond donors (Lipinski definition) is 0. The number of halogens is 27. The van der Waals surface area contributed by atoms with Gasteiger partial charge in [0, 0.05) is 13.3 Å². The molecule has 0 aliphatic carbocycles. The van der Waals surface area contributed by atoms with Crippen molar-refractivity contribution in [2.75, 3.05) is 0 Å². The smallest absolute Gasteiger partial charge is 0.234 e. The highest BCUT2D eigenvalue weighted by Crippen LogP contribution is 2.50. The largest absolute Gasteiger partial charge is 0.431 e. The van der Waals surface area contributed by atoms with Crippen LogP contribution in [-0.2, 0) is 0 Å². The first-order valence-electron chi connectivity index (χ1n) is 20.5. The van der Waals surface area contributed by atoms with Gasteiger partial charge in [-0.3, -0.25) is 0 Å². The molecule has 0 spiro atoms. The Hall–Kier alpha value is -1.89. The highest BCUT2D eigenvalue weighted by Gasteiger charge is 2.71. The molecule has 0 aliphatic heterocycles. The summed E-state index contributed by atoms with van der Waals surface area (Å²) in [6.45, 7) is 24.1. The molecule has 0 unspecified atom stereocenters. The second-order valence-electron chi connectivity index (χ2n) is 14.3. The van der Waals surface area contributed by atoms with Crippen molar-refractivity contribution in [3.63, 3.8) is 0 Å². The maximum absolute atomic E-state index is 12.4. The molecule has 0 atom stereocenters. The van der Waals surface area contributed by atoms with Crippen LogP contribution < -0.4 is 0 Å². The van der Waals surface area contributed by atoms with Crippen molar-refractivity contribution in [1.29, 1.82) is 0 Å². The standard InChI is InChI=1S/C7H9F7.C5H5F7.C5H6F6.C5H12.C4H6F4.C4H10.2C3H8.C2H3F3.C2H6/c1-2-5(8,9)3-6(10,11)4-7(12,13)14;1-2-3(6,4(7,8)9)5(10,11)12;1-3(2,4(6,7)8)5(9,10)11;1-3-5-4-2;1-3(2,5)4(6,7)8;1-3-4-2;2*1-3-2;1-2(3,4)5;1-2/h2-4H2,1H3;2H2,1H3;1-2H3;3-5H2,1-2H3;1-2H3;3-4H2,1-2H3;2*3H2,1-2H3;1H3;1-2H3. The first-order chi connectivity index (χ1) is 28.9. The topological polar surface area (TPSA) is 0 Å². The molecule has 0 nitrogen and oxygen atoms in total. The van der Waals surface area contributed by atoms with Gasteiger partial charge in [-0.05, 0) is 34.1 Å². The summed E-state index contributed by atoms with van der Waals surface area (Å²) in [6, 6.07) is 0. The molecule has 0 aliphatic rings. The highest BCUT2D eigenvalue weighted by atomic mass is 19.4. The quantitative estimate of drug-likeness (QED) is 0.213. The summed E-state index contributed by atoms with van der Waals surface area (Å²) >= 11 is 0. The summed E-state index contributed by atoms with van der Waals surface area (Å²) in [5.74, 6) is -8.16. The first kappa shape index (κ1) is 88.1. The van der Waals surface area contributed by atoms with Crippen molar-refractivity contribution in [3.8, 4) is 0 Å². The third-order valence-electron chi connectivity index (χ3n) is 6.18. The molecule has 0 fully saturated rings.